The van der Waals surface area contributed by atoms with Crippen molar-refractivity contribution in [3.05, 3.63) is 39.5 Å². The summed E-state index contributed by atoms with van der Waals surface area (Å²) in [7, 11) is 1.78. The molecule has 2 aromatic heterocycles. The van der Waals surface area contributed by atoms with Gasteiger partial charge in [-0.15, -0.1) is 11.3 Å². The highest BCUT2D eigenvalue weighted by atomic mass is 32.1. The average Bonchev–Trinajstić information content (AvgIpc) is 2.94. The van der Waals surface area contributed by atoms with Gasteiger partial charge in [-0.2, -0.15) is 0 Å². The Morgan fingerprint density at radius 2 is 1.88 bits per heavy atom. The van der Waals surface area contributed by atoms with E-state index in [1.807, 2.05) is 20.0 Å². The van der Waals surface area contributed by atoms with Crippen LogP contribution in [0.5, 0.6) is 0 Å². The van der Waals surface area contributed by atoms with Crippen molar-refractivity contribution in [3.8, 4) is 0 Å². The number of pyridine rings is 1. The van der Waals surface area contributed by atoms with Gasteiger partial charge in [-0.1, -0.05) is 6.07 Å². The maximum Gasteiger partial charge on any atom is 0.191 e. The molecule has 0 spiro atoms. The molecule has 136 valence electrons. The molecule has 2 rings (SSSR count). The Morgan fingerprint density at radius 1 is 1.16 bits per heavy atom. The zero-order valence-electron chi connectivity index (χ0n) is 15.8. The Kier molecular flexibility index (Phi) is 7.18. The van der Waals surface area contributed by atoms with Crippen molar-refractivity contribution in [1.29, 1.82) is 0 Å². The average molecular weight is 361 g/mol. The molecule has 2 heterocycles. The van der Waals surface area contributed by atoms with Gasteiger partial charge in [0, 0.05) is 37.8 Å². The summed E-state index contributed by atoms with van der Waals surface area (Å²) in [5.41, 5.74) is 2.21. The van der Waals surface area contributed by atoms with E-state index in [0.717, 1.165) is 47.7 Å². The molecule has 0 atom stereocenters. The predicted molar refractivity (Wildman–Crippen MR) is 106 cm³/mol. The minimum Gasteiger partial charge on any atom is -0.357 e. The summed E-state index contributed by atoms with van der Waals surface area (Å²) in [6, 6.07) is 4.18. The molecule has 6 nitrogen and oxygen atoms in total. The summed E-state index contributed by atoms with van der Waals surface area (Å²) in [6.45, 7) is 11.7. The molecule has 0 amide bonds. The van der Waals surface area contributed by atoms with Crippen molar-refractivity contribution in [1.82, 2.24) is 20.6 Å². The second kappa shape index (κ2) is 9.36. The van der Waals surface area contributed by atoms with Crippen molar-refractivity contribution >= 4 is 23.1 Å². The number of rotatable bonds is 7. The first kappa shape index (κ1) is 19.2. The van der Waals surface area contributed by atoms with Crippen LogP contribution in [0, 0.1) is 13.8 Å². The van der Waals surface area contributed by atoms with Crippen LogP contribution in [0.15, 0.2) is 23.3 Å². The van der Waals surface area contributed by atoms with E-state index in [1.54, 1.807) is 18.4 Å². The molecule has 2 N–H and O–H groups in total. The van der Waals surface area contributed by atoms with Gasteiger partial charge in [-0.3, -0.25) is 4.99 Å². The molecule has 0 saturated heterocycles. The van der Waals surface area contributed by atoms with Crippen molar-refractivity contribution in [3.63, 3.8) is 0 Å². The monoisotopic (exact) mass is 360 g/mol. The molecule has 0 saturated carbocycles. The second-order valence-corrected chi connectivity index (χ2v) is 7.01. The number of nitrogens with one attached hydrogen (secondary N) is 2. The Hall–Kier alpha value is -2.15. The van der Waals surface area contributed by atoms with Crippen LogP contribution >= 0.6 is 11.3 Å². The van der Waals surface area contributed by atoms with Gasteiger partial charge in [-0.05, 0) is 39.3 Å². The van der Waals surface area contributed by atoms with E-state index in [0.29, 0.717) is 6.54 Å². The van der Waals surface area contributed by atoms with E-state index in [9.17, 15) is 0 Å². The molecule has 0 unspecified atom stereocenters. The Labute approximate surface area is 154 Å². The number of anilines is 1. The van der Waals surface area contributed by atoms with Gasteiger partial charge >= 0.3 is 0 Å². The van der Waals surface area contributed by atoms with Crippen molar-refractivity contribution < 1.29 is 0 Å². The number of guanidine groups is 1. The van der Waals surface area contributed by atoms with Gasteiger partial charge in [0.15, 0.2) is 5.96 Å². The molecule has 2 aromatic rings. The van der Waals surface area contributed by atoms with Crippen LogP contribution in [0.3, 0.4) is 0 Å². The molecular weight excluding hydrogens is 332 g/mol. The fraction of sp³-hybridized carbons (Fsp3) is 0.500. The van der Waals surface area contributed by atoms with Crippen LogP contribution in [-0.2, 0) is 13.1 Å². The van der Waals surface area contributed by atoms with Gasteiger partial charge in [0.1, 0.15) is 5.82 Å². The molecule has 0 aliphatic rings. The second-order valence-electron chi connectivity index (χ2n) is 5.72. The summed E-state index contributed by atoms with van der Waals surface area (Å²) in [5.74, 6) is 1.80. The minimum absolute atomic E-state index is 0.686. The van der Waals surface area contributed by atoms with Gasteiger partial charge in [0.05, 0.1) is 17.2 Å². The first-order chi connectivity index (χ1) is 12.1. The van der Waals surface area contributed by atoms with Gasteiger partial charge in [0.2, 0.25) is 0 Å². The summed E-state index contributed by atoms with van der Waals surface area (Å²) in [6.07, 6.45) is 1.92. The quantitative estimate of drug-likeness (QED) is 0.587. The van der Waals surface area contributed by atoms with Crippen LogP contribution in [0.2, 0.25) is 0 Å². The van der Waals surface area contributed by atoms with E-state index in [1.165, 1.54) is 4.88 Å². The molecule has 25 heavy (non-hydrogen) atoms. The van der Waals surface area contributed by atoms with Crippen LogP contribution in [0.4, 0.5) is 5.82 Å². The van der Waals surface area contributed by atoms with Gasteiger partial charge in [0.25, 0.3) is 0 Å². The summed E-state index contributed by atoms with van der Waals surface area (Å²) in [4.78, 5) is 16.8. The molecule has 0 radical (unpaired) electrons. The number of aryl methyl sites for hydroxylation is 2. The van der Waals surface area contributed by atoms with Crippen LogP contribution < -0.4 is 15.5 Å². The molecule has 0 aliphatic carbocycles. The van der Waals surface area contributed by atoms with Crippen molar-refractivity contribution in [2.24, 2.45) is 4.99 Å². The fourth-order valence-corrected chi connectivity index (χ4v) is 3.44. The maximum atomic E-state index is 4.55. The lowest BCUT2D eigenvalue weighted by molar-refractivity contribution is 0.805. The molecule has 0 aromatic carbocycles. The Bertz CT molecular complexity index is 688. The zero-order chi connectivity index (χ0) is 18.2. The third kappa shape index (κ3) is 5.42. The Balaban J connectivity index is 1.87. The third-order valence-corrected chi connectivity index (χ3v) is 5.07. The lowest BCUT2D eigenvalue weighted by Gasteiger charge is -2.19. The summed E-state index contributed by atoms with van der Waals surface area (Å²) >= 11 is 1.72. The SMILES string of the molecule is CCN(CC)c1ccc(CNC(=NC)NCc2sc(C)nc2C)cn1. The first-order valence-corrected chi connectivity index (χ1v) is 9.46. The summed E-state index contributed by atoms with van der Waals surface area (Å²) < 4.78 is 0. The van der Waals surface area contributed by atoms with E-state index in [4.69, 9.17) is 0 Å². The number of aromatic nitrogens is 2. The highest BCUT2D eigenvalue weighted by molar-refractivity contribution is 7.11. The normalized spacial score (nSPS) is 11.5. The van der Waals surface area contributed by atoms with Crippen LogP contribution in [0.1, 0.15) is 35.0 Å². The first-order valence-electron chi connectivity index (χ1n) is 8.64. The maximum absolute atomic E-state index is 4.55. The summed E-state index contributed by atoms with van der Waals surface area (Å²) in [5, 5.41) is 7.76. The van der Waals surface area contributed by atoms with E-state index < -0.39 is 0 Å². The Morgan fingerprint density at radius 3 is 2.40 bits per heavy atom. The molecule has 7 heteroatoms. The van der Waals surface area contributed by atoms with E-state index in [-0.39, 0.29) is 0 Å². The van der Waals surface area contributed by atoms with E-state index >= 15 is 0 Å². The smallest absolute Gasteiger partial charge is 0.191 e. The van der Waals surface area contributed by atoms with Crippen LogP contribution in [0.25, 0.3) is 0 Å². The standard InChI is InChI=1S/C18H28N6S/c1-6-24(7-2)17-9-8-15(10-20-17)11-21-18(19-5)22-12-16-13(3)23-14(4)25-16/h8-10H,6-7,11-12H2,1-5H3,(H2,19,21,22). The number of nitrogens with zero attached hydrogens (tertiary/aromatic N) is 4. The largest absolute Gasteiger partial charge is 0.357 e. The lowest BCUT2D eigenvalue weighted by Crippen LogP contribution is -2.36. The number of hydrogen-bond donors (Lipinski definition) is 2. The van der Waals surface area contributed by atoms with Crippen molar-refractivity contribution in [2.45, 2.75) is 40.8 Å². The van der Waals surface area contributed by atoms with E-state index in [2.05, 4.69) is 56.5 Å². The topological polar surface area (TPSA) is 65.4 Å². The lowest BCUT2D eigenvalue weighted by atomic mass is 10.2. The minimum atomic E-state index is 0.686. The highest BCUT2D eigenvalue weighted by Gasteiger charge is 2.06. The highest BCUT2D eigenvalue weighted by Crippen LogP contribution is 2.16. The third-order valence-electron chi connectivity index (χ3n) is 4.00. The predicted octanol–water partition coefficient (Wildman–Crippen LogP) is 2.87. The van der Waals surface area contributed by atoms with Gasteiger partial charge < -0.3 is 15.5 Å². The number of hydrogen-bond acceptors (Lipinski definition) is 5. The fourth-order valence-electron chi connectivity index (χ4n) is 2.56. The van der Waals surface area contributed by atoms with Crippen molar-refractivity contribution in [2.75, 3.05) is 25.0 Å². The number of thiazole rings is 1. The molecule has 0 fully saturated rings. The molecule has 0 aliphatic heterocycles. The molecule has 0 bridgehead atoms. The zero-order valence-corrected chi connectivity index (χ0v) is 16.6. The van der Waals surface area contributed by atoms with Gasteiger partial charge in [-0.25, -0.2) is 9.97 Å². The molecular formula is C18H28N6S. The number of aliphatic imine (C=N–C) groups is 1. The van der Waals surface area contributed by atoms with Crippen LogP contribution in [-0.4, -0.2) is 36.1 Å².